The van der Waals surface area contributed by atoms with Crippen LogP contribution in [0.2, 0.25) is 0 Å². The summed E-state index contributed by atoms with van der Waals surface area (Å²) in [5.41, 5.74) is 7.45. The van der Waals surface area contributed by atoms with Crippen molar-refractivity contribution in [2.45, 2.75) is 25.8 Å². The first-order valence-corrected chi connectivity index (χ1v) is 13.0. The van der Waals surface area contributed by atoms with Crippen molar-refractivity contribution in [2.75, 3.05) is 11.9 Å². The van der Waals surface area contributed by atoms with E-state index >= 15 is 0 Å². The first-order chi connectivity index (χ1) is 18.5. The van der Waals surface area contributed by atoms with Crippen LogP contribution in [-0.4, -0.2) is 28.2 Å². The van der Waals surface area contributed by atoms with Gasteiger partial charge < -0.3 is 15.2 Å². The van der Waals surface area contributed by atoms with E-state index < -0.39 is 6.04 Å². The zero-order valence-electron chi connectivity index (χ0n) is 21.4. The van der Waals surface area contributed by atoms with E-state index in [0.29, 0.717) is 11.5 Å². The zero-order chi connectivity index (χ0) is 26.2. The summed E-state index contributed by atoms with van der Waals surface area (Å²) in [6.45, 7) is 4.22. The molecule has 0 radical (unpaired) electrons. The Labute approximate surface area is 222 Å². The highest BCUT2D eigenvalue weighted by Crippen LogP contribution is 2.45. The third-order valence-electron chi connectivity index (χ3n) is 7.32. The number of anilines is 1. The number of fused-ring (bicyclic) bond motifs is 2. The second kappa shape index (κ2) is 9.67. The van der Waals surface area contributed by atoms with Crippen molar-refractivity contribution in [1.82, 2.24) is 9.88 Å². The number of aromatic amines is 1. The maximum Gasteiger partial charge on any atom is 0.255 e. The Hall–Kier alpha value is -4.64. The molecular weight excluding hydrogens is 470 g/mol. The lowest BCUT2D eigenvalue weighted by Crippen LogP contribution is -2.36. The van der Waals surface area contributed by atoms with Crippen LogP contribution in [0.3, 0.4) is 0 Å². The molecule has 5 nitrogen and oxygen atoms in total. The van der Waals surface area contributed by atoms with Gasteiger partial charge in [-0.2, -0.15) is 0 Å². The summed E-state index contributed by atoms with van der Waals surface area (Å²) < 4.78 is 0. The highest BCUT2D eigenvalue weighted by atomic mass is 16.2. The lowest BCUT2D eigenvalue weighted by Gasteiger charge is -2.26. The second-order valence-corrected chi connectivity index (χ2v) is 10.1. The molecule has 1 aliphatic heterocycles. The predicted octanol–water partition coefficient (Wildman–Crippen LogP) is 7.14. The lowest BCUT2D eigenvalue weighted by molar-refractivity contribution is -0.117. The van der Waals surface area contributed by atoms with Gasteiger partial charge in [-0.05, 0) is 46.9 Å². The number of hydrogen-bond acceptors (Lipinski definition) is 2. The molecule has 188 valence electrons. The molecule has 2 N–H and O–H groups in total. The average Bonchev–Trinajstić information content (AvgIpc) is 3.44. The van der Waals surface area contributed by atoms with Gasteiger partial charge in [0.2, 0.25) is 5.91 Å². The molecule has 0 fully saturated rings. The Morgan fingerprint density at radius 3 is 2.32 bits per heavy atom. The van der Waals surface area contributed by atoms with E-state index in [1.165, 1.54) is 5.56 Å². The molecule has 5 aromatic rings. The molecule has 0 bridgehead atoms. The monoisotopic (exact) mass is 499 g/mol. The van der Waals surface area contributed by atoms with Gasteiger partial charge in [0.1, 0.15) is 6.54 Å². The largest absolute Gasteiger partial charge is 0.354 e. The number of benzene rings is 4. The van der Waals surface area contributed by atoms with Crippen LogP contribution in [0.4, 0.5) is 5.69 Å². The number of hydrogen-bond donors (Lipinski definition) is 2. The fourth-order valence-corrected chi connectivity index (χ4v) is 5.43. The normalized spacial score (nSPS) is 14.8. The number of H-pyrrole nitrogens is 1. The van der Waals surface area contributed by atoms with E-state index in [2.05, 4.69) is 42.3 Å². The third kappa shape index (κ3) is 4.16. The van der Waals surface area contributed by atoms with E-state index in [9.17, 15) is 9.59 Å². The summed E-state index contributed by atoms with van der Waals surface area (Å²) >= 11 is 0. The second-order valence-electron chi connectivity index (χ2n) is 10.1. The molecule has 1 aromatic heterocycles. The molecule has 2 heterocycles. The van der Waals surface area contributed by atoms with Gasteiger partial charge in [-0.25, -0.2) is 0 Å². The van der Waals surface area contributed by atoms with Crippen LogP contribution < -0.4 is 5.32 Å². The van der Waals surface area contributed by atoms with Gasteiger partial charge in [0.25, 0.3) is 5.91 Å². The number of rotatable bonds is 6. The molecule has 1 atom stereocenters. The van der Waals surface area contributed by atoms with Crippen LogP contribution in [0.5, 0.6) is 0 Å². The summed E-state index contributed by atoms with van der Waals surface area (Å²) in [6.07, 6.45) is 0. The number of para-hydroxylation sites is 1. The topological polar surface area (TPSA) is 65.2 Å². The smallest absolute Gasteiger partial charge is 0.255 e. The average molecular weight is 500 g/mol. The number of aromatic nitrogens is 1. The molecule has 0 saturated heterocycles. The van der Waals surface area contributed by atoms with Crippen molar-refractivity contribution < 1.29 is 9.59 Å². The number of nitrogens with one attached hydrogen (secondary N) is 2. The summed E-state index contributed by atoms with van der Waals surface area (Å²) in [6, 6.07) is 33.4. The number of carbonyl (C=O) groups is 2. The van der Waals surface area contributed by atoms with Crippen molar-refractivity contribution in [1.29, 1.82) is 0 Å². The number of nitrogens with zero attached hydrogens (tertiary/aromatic N) is 1. The Balaban J connectivity index is 1.42. The van der Waals surface area contributed by atoms with Gasteiger partial charge in [0, 0.05) is 27.7 Å². The van der Waals surface area contributed by atoms with Crippen molar-refractivity contribution in [2.24, 2.45) is 0 Å². The predicted molar refractivity (Wildman–Crippen MR) is 152 cm³/mol. The molecule has 4 aromatic carbocycles. The fraction of sp³-hybridized carbons (Fsp3) is 0.152. The lowest BCUT2D eigenvalue weighted by atomic mass is 9.93. The van der Waals surface area contributed by atoms with Crippen molar-refractivity contribution >= 4 is 28.4 Å². The van der Waals surface area contributed by atoms with Crippen LogP contribution in [0.15, 0.2) is 103 Å². The Bertz CT molecular complexity index is 1630. The minimum atomic E-state index is -0.404. The first kappa shape index (κ1) is 23.7. The van der Waals surface area contributed by atoms with Gasteiger partial charge in [0.05, 0.1) is 11.7 Å². The maximum atomic E-state index is 13.7. The SMILES string of the molecule is CC(C)c1ccc(NC(=O)CN2C(=O)c3ccccc3C2c2c(-c3ccccc3)[nH]c3ccccc23)cc1. The molecule has 6 rings (SSSR count). The van der Waals surface area contributed by atoms with Crippen LogP contribution in [0.25, 0.3) is 22.2 Å². The molecule has 5 heteroatoms. The third-order valence-corrected chi connectivity index (χ3v) is 7.32. The van der Waals surface area contributed by atoms with Gasteiger partial charge in [-0.1, -0.05) is 92.7 Å². The van der Waals surface area contributed by atoms with E-state index in [4.69, 9.17) is 0 Å². The number of carbonyl (C=O) groups excluding carboxylic acids is 2. The minimum absolute atomic E-state index is 0.0577. The van der Waals surface area contributed by atoms with Crippen molar-refractivity contribution in [3.63, 3.8) is 0 Å². The van der Waals surface area contributed by atoms with Gasteiger partial charge in [-0.15, -0.1) is 0 Å². The molecule has 0 aliphatic carbocycles. The molecule has 1 aliphatic rings. The van der Waals surface area contributed by atoms with Gasteiger partial charge >= 0.3 is 0 Å². The van der Waals surface area contributed by atoms with Crippen LogP contribution in [-0.2, 0) is 4.79 Å². The van der Waals surface area contributed by atoms with Crippen LogP contribution >= 0.6 is 0 Å². The van der Waals surface area contributed by atoms with E-state index in [-0.39, 0.29) is 18.4 Å². The molecule has 2 amide bonds. The van der Waals surface area contributed by atoms with E-state index in [1.54, 1.807) is 4.90 Å². The highest BCUT2D eigenvalue weighted by molar-refractivity contribution is 6.05. The zero-order valence-corrected chi connectivity index (χ0v) is 21.4. The number of amides is 2. The summed E-state index contributed by atoms with van der Waals surface area (Å²) in [5.74, 6) is 0.0472. The van der Waals surface area contributed by atoms with Gasteiger partial charge in [-0.3, -0.25) is 9.59 Å². The van der Waals surface area contributed by atoms with Crippen LogP contribution in [0, 0.1) is 0 Å². The molecular formula is C33H29N3O2. The minimum Gasteiger partial charge on any atom is -0.354 e. The Morgan fingerprint density at radius 1 is 0.868 bits per heavy atom. The van der Waals surface area contributed by atoms with Gasteiger partial charge in [0.15, 0.2) is 0 Å². The summed E-state index contributed by atoms with van der Waals surface area (Å²) in [4.78, 5) is 32.3. The quantitative estimate of drug-likeness (QED) is 0.261. The van der Waals surface area contributed by atoms with Crippen molar-refractivity contribution in [3.8, 4) is 11.3 Å². The summed E-state index contributed by atoms with van der Waals surface area (Å²) in [5, 5.41) is 4.03. The maximum absolute atomic E-state index is 13.7. The van der Waals surface area contributed by atoms with E-state index in [0.717, 1.165) is 39.0 Å². The first-order valence-electron chi connectivity index (χ1n) is 13.0. The molecule has 1 unspecified atom stereocenters. The van der Waals surface area contributed by atoms with Crippen LogP contribution in [0.1, 0.15) is 52.9 Å². The Morgan fingerprint density at radius 2 is 1.55 bits per heavy atom. The highest BCUT2D eigenvalue weighted by Gasteiger charge is 2.41. The Kier molecular flexibility index (Phi) is 6.04. The fourth-order valence-electron chi connectivity index (χ4n) is 5.43. The summed E-state index contributed by atoms with van der Waals surface area (Å²) in [7, 11) is 0. The molecule has 0 spiro atoms. The van der Waals surface area contributed by atoms with Crippen molar-refractivity contribution in [3.05, 3.63) is 125 Å². The molecule has 38 heavy (non-hydrogen) atoms. The molecule has 0 saturated carbocycles. The van der Waals surface area contributed by atoms with E-state index in [1.807, 2.05) is 84.9 Å². The standard InChI is InChI=1S/C33H29N3O2/c1-21(2)22-16-18-24(19-17-22)34-29(37)20-36-32(25-12-6-7-13-26(25)33(36)38)30-27-14-8-9-15-28(27)35-31(30)23-10-4-3-5-11-23/h3-19,21,32,35H,20H2,1-2H3,(H,34,37).